The van der Waals surface area contributed by atoms with Crippen LogP contribution in [-0.4, -0.2) is 35.2 Å². The molecule has 1 aromatic rings. The highest BCUT2D eigenvalue weighted by Gasteiger charge is 2.26. The molecule has 116 valence electrons. The van der Waals surface area contributed by atoms with Gasteiger partial charge >= 0.3 is 5.97 Å². The lowest BCUT2D eigenvalue weighted by Crippen LogP contribution is -2.48. The SMILES string of the molecule is CC1(N)CCN(c2ccc(C(=O)OC(C)(C)C)cn2)CC1. The molecule has 5 heteroatoms. The summed E-state index contributed by atoms with van der Waals surface area (Å²) in [5.41, 5.74) is 6.04. The number of hydrogen-bond donors (Lipinski definition) is 1. The van der Waals surface area contributed by atoms with Crippen molar-refractivity contribution in [3.63, 3.8) is 0 Å². The summed E-state index contributed by atoms with van der Waals surface area (Å²) in [6, 6.07) is 3.64. The van der Waals surface area contributed by atoms with Crippen molar-refractivity contribution < 1.29 is 9.53 Å². The Hall–Kier alpha value is -1.62. The number of carbonyl (C=O) groups excluding carboxylic acids is 1. The summed E-state index contributed by atoms with van der Waals surface area (Å²) in [5, 5.41) is 0. The van der Waals surface area contributed by atoms with Gasteiger partial charge in [0.25, 0.3) is 0 Å². The topological polar surface area (TPSA) is 68.5 Å². The molecule has 0 amide bonds. The van der Waals surface area contributed by atoms with E-state index >= 15 is 0 Å². The number of ether oxygens (including phenoxy) is 1. The molecule has 0 unspecified atom stereocenters. The average Bonchev–Trinajstić information content (AvgIpc) is 2.37. The Bertz CT molecular complexity index is 493. The van der Waals surface area contributed by atoms with Gasteiger partial charge < -0.3 is 15.4 Å². The van der Waals surface area contributed by atoms with E-state index in [0.29, 0.717) is 5.56 Å². The van der Waals surface area contributed by atoms with Crippen LogP contribution in [0.1, 0.15) is 50.9 Å². The van der Waals surface area contributed by atoms with E-state index < -0.39 is 5.60 Å². The number of piperidine rings is 1. The van der Waals surface area contributed by atoms with Crippen molar-refractivity contribution in [1.82, 2.24) is 4.98 Å². The maximum atomic E-state index is 11.9. The lowest BCUT2D eigenvalue weighted by atomic mass is 9.91. The monoisotopic (exact) mass is 291 g/mol. The van der Waals surface area contributed by atoms with Crippen molar-refractivity contribution in [1.29, 1.82) is 0 Å². The van der Waals surface area contributed by atoms with E-state index in [-0.39, 0.29) is 11.5 Å². The fourth-order valence-electron chi connectivity index (χ4n) is 2.28. The fourth-order valence-corrected chi connectivity index (χ4v) is 2.28. The van der Waals surface area contributed by atoms with E-state index in [0.717, 1.165) is 31.7 Å². The Morgan fingerprint density at radius 1 is 1.33 bits per heavy atom. The normalized spacial score (nSPS) is 18.4. The van der Waals surface area contributed by atoms with Gasteiger partial charge in [-0.2, -0.15) is 0 Å². The third kappa shape index (κ3) is 4.43. The first-order chi connectivity index (χ1) is 9.66. The molecule has 0 aliphatic carbocycles. The smallest absolute Gasteiger partial charge is 0.340 e. The maximum absolute atomic E-state index is 11.9. The molecule has 1 aliphatic heterocycles. The highest BCUT2D eigenvalue weighted by atomic mass is 16.6. The predicted octanol–water partition coefficient (Wildman–Crippen LogP) is 2.35. The lowest BCUT2D eigenvalue weighted by molar-refractivity contribution is 0.00691. The van der Waals surface area contributed by atoms with Crippen LogP contribution in [0.3, 0.4) is 0 Å². The van der Waals surface area contributed by atoms with Crippen molar-refractivity contribution >= 4 is 11.8 Å². The molecule has 1 aromatic heterocycles. The number of hydrogen-bond acceptors (Lipinski definition) is 5. The highest BCUT2D eigenvalue weighted by Crippen LogP contribution is 2.23. The molecule has 1 fully saturated rings. The van der Waals surface area contributed by atoms with E-state index in [1.165, 1.54) is 0 Å². The lowest BCUT2D eigenvalue weighted by Gasteiger charge is -2.37. The molecule has 0 spiro atoms. The van der Waals surface area contributed by atoms with Gasteiger partial charge in [0.05, 0.1) is 5.56 Å². The second-order valence-electron chi connectivity index (χ2n) is 7.05. The van der Waals surface area contributed by atoms with Gasteiger partial charge in [-0.1, -0.05) is 0 Å². The third-order valence-electron chi connectivity index (χ3n) is 3.61. The van der Waals surface area contributed by atoms with Crippen LogP contribution in [0.5, 0.6) is 0 Å². The van der Waals surface area contributed by atoms with Crippen LogP contribution >= 0.6 is 0 Å². The molecule has 2 rings (SSSR count). The Balaban J connectivity index is 2.01. The molecule has 0 bridgehead atoms. The number of carbonyl (C=O) groups is 1. The molecular formula is C16H25N3O2. The fraction of sp³-hybridized carbons (Fsp3) is 0.625. The minimum Gasteiger partial charge on any atom is -0.456 e. The van der Waals surface area contributed by atoms with Crippen LogP contribution in [0, 0.1) is 0 Å². The van der Waals surface area contributed by atoms with E-state index in [9.17, 15) is 4.79 Å². The van der Waals surface area contributed by atoms with Gasteiger partial charge in [-0.25, -0.2) is 9.78 Å². The number of pyridine rings is 1. The van der Waals surface area contributed by atoms with Gasteiger partial charge in [-0.05, 0) is 52.7 Å². The predicted molar refractivity (Wildman–Crippen MR) is 83.4 cm³/mol. The third-order valence-corrected chi connectivity index (χ3v) is 3.61. The molecule has 1 aliphatic rings. The molecule has 0 radical (unpaired) electrons. The maximum Gasteiger partial charge on any atom is 0.340 e. The van der Waals surface area contributed by atoms with Crippen molar-refractivity contribution in [2.75, 3.05) is 18.0 Å². The summed E-state index contributed by atoms with van der Waals surface area (Å²) >= 11 is 0. The largest absolute Gasteiger partial charge is 0.456 e. The van der Waals surface area contributed by atoms with Gasteiger partial charge in [-0.15, -0.1) is 0 Å². The van der Waals surface area contributed by atoms with Crippen molar-refractivity contribution in [3.05, 3.63) is 23.9 Å². The summed E-state index contributed by atoms with van der Waals surface area (Å²) in [4.78, 5) is 18.5. The molecule has 0 atom stereocenters. The van der Waals surface area contributed by atoms with Crippen molar-refractivity contribution in [2.45, 2.75) is 51.7 Å². The number of nitrogens with zero attached hydrogens (tertiary/aromatic N) is 2. The van der Waals surface area contributed by atoms with Gasteiger partial charge in [0, 0.05) is 24.8 Å². The van der Waals surface area contributed by atoms with Crippen LogP contribution in [-0.2, 0) is 4.74 Å². The summed E-state index contributed by atoms with van der Waals surface area (Å²) < 4.78 is 5.33. The summed E-state index contributed by atoms with van der Waals surface area (Å²) in [7, 11) is 0. The molecule has 1 saturated heterocycles. The van der Waals surface area contributed by atoms with E-state index in [4.69, 9.17) is 10.5 Å². The summed E-state index contributed by atoms with van der Waals surface area (Å²) in [6.07, 6.45) is 3.48. The number of aromatic nitrogens is 1. The first-order valence-electron chi connectivity index (χ1n) is 7.40. The zero-order valence-electron chi connectivity index (χ0n) is 13.3. The van der Waals surface area contributed by atoms with Crippen LogP contribution in [0.15, 0.2) is 18.3 Å². The Morgan fingerprint density at radius 2 is 1.95 bits per heavy atom. The minimum atomic E-state index is -0.492. The first-order valence-corrected chi connectivity index (χ1v) is 7.40. The Morgan fingerprint density at radius 3 is 2.43 bits per heavy atom. The van der Waals surface area contributed by atoms with Gasteiger partial charge in [0.15, 0.2) is 0 Å². The molecule has 21 heavy (non-hydrogen) atoms. The first kappa shape index (κ1) is 15.8. The van der Waals surface area contributed by atoms with Gasteiger partial charge in [0.1, 0.15) is 11.4 Å². The molecule has 5 nitrogen and oxygen atoms in total. The zero-order chi connectivity index (χ0) is 15.7. The second kappa shape index (κ2) is 5.64. The number of esters is 1. The molecule has 2 N–H and O–H groups in total. The van der Waals surface area contributed by atoms with Crippen molar-refractivity contribution in [3.8, 4) is 0 Å². The van der Waals surface area contributed by atoms with Crippen molar-refractivity contribution in [2.24, 2.45) is 5.73 Å². The van der Waals surface area contributed by atoms with Crippen LogP contribution < -0.4 is 10.6 Å². The van der Waals surface area contributed by atoms with Gasteiger partial charge in [-0.3, -0.25) is 0 Å². The number of rotatable bonds is 2. The standard InChI is InChI=1S/C16H25N3O2/c1-15(2,3)21-14(20)12-5-6-13(18-11-12)19-9-7-16(4,17)8-10-19/h5-6,11H,7-10,17H2,1-4H3. The van der Waals surface area contributed by atoms with E-state index in [1.54, 1.807) is 12.3 Å². The van der Waals surface area contributed by atoms with Gasteiger partial charge in [0.2, 0.25) is 0 Å². The second-order valence-corrected chi connectivity index (χ2v) is 7.05. The van der Waals surface area contributed by atoms with Crippen LogP contribution in [0.2, 0.25) is 0 Å². The van der Waals surface area contributed by atoms with E-state index in [1.807, 2.05) is 26.8 Å². The summed E-state index contributed by atoms with van der Waals surface area (Å²) in [5.74, 6) is 0.549. The molecule has 0 aromatic carbocycles. The summed E-state index contributed by atoms with van der Waals surface area (Å²) in [6.45, 7) is 9.43. The number of anilines is 1. The number of nitrogens with two attached hydrogens (primary N) is 1. The minimum absolute atomic E-state index is 0.0764. The Kier molecular flexibility index (Phi) is 4.23. The Labute approximate surface area is 126 Å². The quantitative estimate of drug-likeness (QED) is 0.847. The highest BCUT2D eigenvalue weighted by molar-refractivity contribution is 5.89. The molecule has 0 saturated carbocycles. The molecule has 2 heterocycles. The molecular weight excluding hydrogens is 266 g/mol. The average molecular weight is 291 g/mol. The van der Waals surface area contributed by atoms with Crippen LogP contribution in [0.25, 0.3) is 0 Å². The van der Waals surface area contributed by atoms with E-state index in [2.05, 4.69) is 16.8 Å². The van der Waals surface area contributed by atoms with Crippen LogP contribution in [0.4, 0.5) is 5.82 Å². The zero-order valence-corrected chi connectivity index (χ0v) is 13.3.